The highest BCUT2D eigenvalue weighted by Gasteiger charge is 2.18. The van der Waals surface area contributed by atoms with Gasteiger partial charge in [-0.2, -0.15) is 0 Å². The predicted molar refractivity (Wildman–Crippen MR) is 99.3 cm³/mol. The molecule has 111 valence electrons. The Balaban J connectivity index is 2.50. The van der Waals surface area contributed by atoms with Crippen molar-refractivity contribution in [2.75, 3.05) is 11.1 Å². The number of hydrogen-bond acceptors (Lipinski definition) is 1. The molecule has 2 aromatic carbocycles. The average Bonchev–Trinajstić information content (AvgIpc) is 2.49. The number of benzene rings is 2. The zero-order valence-electron chi connectivity index (χ0n) is 13.1. The van der Waals surface area contributed by atoms with Crippen molar-refractivity contribution in [3.8, 4) is 11.1 Å². The highest BCUT2D eigenvalue weighted by molar-refractivity contribution is 9.10. The van der Waals surface area contributed by atoms with Gasteiger partial charge in [-0.25, -0.2) is 0 Å². The summed E-state index contributed by atoms with van der Waals surface area (Å²) in [6, 6.07) is 17.2. The summed E-state index contributed by atoms with van der Waals surface area (Å²) in [5.41, 5.74) is 3.97. The van der Waals surface area contributed by atoms with E-state index in [1.807, 2.05) is 0 Å². The molecule has 0 aromatic heterocycles. The van der Waals surface area contributed by atoms with Gasteiger partial charge in [0.2, 0.25) is 0 Å². The van der Waals surface area contributed by atoms with E-state index < -0.39 is 8.96 Å². The van der Waals surface area contributed by atoms with Gasteiger partial charge in [-0.05, 0) is 34.0 Å². The first-order valence-corrected chi connectivity index (χ1v) is 10.8. The van der Waals surface area contributed by atoms with E-state index in [0.29, 0.717) is 0 Å². The normalized spacial score (nSPS) is 10.9. The summed E-state index contributed by atoms with van der Waals surface area (Å²) in [5, 5.41) is 0. The first kappa shape index (κ1) is 16.3. The van der Waals surface area contributed by atoms with Crippen LogP contribution in [0.5, 0.6) is 0 Å². The first-order chi connectivity index (χ1) is 10.1. The van der Waals surface area contributed by atoms with E-state index in [0.717, 1.165) is 6.54 Å². The molecule has 0 aliphatic carbocycles. The Kier molecular flexibility index (Phi) is 6.06. The Morgan fingerprint density at radius 3 is 2.33 bits per heavy atom. The van der Waals surface area contributed by atoms with Crippen LogP contribution in [0.1, 0.15) is 19.8 Å². The minimum atomic E-state index is -0.546. The maximum Gasteiger partial charge on any atom is 0.163 e. The second-order valence-corrected chi connectivity index (χ2v) is 8.74. The number of halogens is 1. The third-order valence-electron chi connectivity index (χ3n) is 3.62. The van der Waals surface area contributed by atoms with Crippen LogP contribution in [-0.2, 0) is 0 Å². The summed E-state index contributed by atoms with van der Waals surface area (Å²) < 4.78 is 3.81. The van der Waals surface area contributed by atoms with Crippen molar-refractivity contribution in [2.45, 2.75) is 32.9 Å². The van der Waals surface area contributed by atoms with Crippen LogP contribution in [0.25, 0.3) is 11.1 Å². The highest BCUT2D eigenvalue weighted by atomic mass is 79.9. The van der Waals surface area contributed by atoms with Gasteiger partial charge in [0.05, 0.1) is 5.69 Å². The summed E-state index contributed by atoms with van der Waals surface area (Å²) in [6.07, 6.45) is 2.47. The van der Waals surface area contributed by atoms with Gasteiger partial charge < -0.3 is 4.57 Å². The molecule has 1 nitrogen and oxygen atoms in total. The topological polar surface area (TPSA) is 3.24 Å². The van der Waals surface area contributed by atoms with Gasteiger partial charge in [-0.3, -0.25) is 0 Å². The molecule has 0 aliphatic rings. The van der Waals surface area contributed by atoms with Crippen molar-refractivity contribution in [1.29, 1.82) is 0 Å². The molecule has 1 radical (unpaired) electrons. The molecule has 2 aromatic rings. The van der Waals surface area contributed by atoms with E-state index in [9.17, 15) is 0 Å². The summed E-state index contributed by atoms with van der Waals surface area (Å²) in [4.78, 5) is 0. The van der Waals surface area contributed by atoms with Crippen LogP contribution in [0.2, 0.25) is 13.1 Å². The smallest absolute Gasteiger partial charge is 0.163 e. The fourth-order valence-electron chi connectivity index (χ4n) is 2.52. The molecule has 0 saturated heterocycles. The number of rotatable bonds is 6. The van der Waals surface area contributed by atoms with Crippen molar-refractivity contribution in [3.05, 3.63) is 53.0 Å². The number of hydrogen-bond donors (Lipinski definition) is 0. The van der Waals surface area contributed by atoms with Gasteiger partial charge in [-0.1, -0.05) is 68.9 Å². The van der Waals surface area contributed by atoms with Crippen molar-refractivity contribution >= 4 is 30.6 Å². The predicted octanol–water partition coefficient (Wildman–Crippen LogP) is 5.97. The average molecular weight is 361 g/mol. The lowest BCUT2D eigenvalue weighted by Gasteiger charge is -2.31. The molecule has 2 rings (SSSR count). The maximum atomic E-state index is 3.78. The Labute approximate surface area is 138 Å². The molecule has 0 aliphatic heterocycles. The molecular weight excluding hydrogens is 338 g/mol. The molecule has 0 saturated carbocycles. The third-order valence-corrected chi connectivity index (χ3v) is 5.78. The highest BCUT2D eigenvalue weighted by Crippen LogP contribution is 2.37. The molecule has 0 spiro atoms. The van der Waals surface area contributed by atoms with E-state index >= 15 is 0 Å². The third kappa shape index (κ3) is 3.98. The van der Waals surface area contributed by atoms with Gasteiger partial charge in [0, 0.05) is 16.6 Å². The van der Waals surface area contributed by atoms with Crippen molar-refractivity contribution < 1.29 is 0 Å². The Morgan fingerprint density at radius 2 is 1.71 bits per heavy atom. The van der Waals surface area contributed by atoms with Crippen LogP contribution < -0.4 is 4.57 Å². The van der Waals surface area contributed by atoms with E-state index in [4.69, 9.17) is 0 Å². The molecule has 0 amide bonds. The van der Waals surface area contributed by atoms with E-state index in [1.165, 1.54) is 34.1 Å². The molecule has 0 unspecified atom stereocenters. The van der Waals surface area contributed by atoms with Crippen molar-refractivity contribution in [2.24, 2.45) is 0 Å². The SMILES string of the molecule is CCCCN(c1c(Br)cccc1-c1ccccc1)[Si](C)C. The van der Waals surface area contributed by atoms with Gasteiger partial charge >= 0.3 is 0 Å². The van der Waals surface area contributed by atoms with Crippen molar-refractivity contribution in [3.63, 3.8) is 0 Å². The molecule has 3 heteroatoms. The number of nitrogens with zero attached hydrogens (tertiary/aromatic N) is 1. The maximum absolute atomic E-state index is 3.78. The van der Waals surface area contributed by atoms with Gasteiger partial charge in [0.15, 0.2) is 8.96 Å². The van der Waals surface area contributed by atoms with Gasteiger partial charge in [0.1, 0.15) is 0 Å². The van der Waals surface area contributed by atoms with Crippen LogP contribution in [0.15, 0.2) is 53.0 Å². The summed E-state index contributed by atoms with van der Waals surface area (Å²) in [5.74, 6) is 0. The minimum Gasteiger partial charge on any atom is -0.397 e. The van der Waals surface area contributed by atoms with Crippen LogP contribution in [0, 0.1) is 0 Å². The summed E-state index contributed by atoms with van der Waals surface area (Å²) in [6.45, 7) is 8.14. The monoisotopic (exact) mass is 360 g/mol. The first-order valence-electron chi connectivity index (χ1n) is 7.56. The summed E-state index contributed by atoms with van der Waals surface area (Å²) >= 11 is 3.78. The second kappa shape index (κ2) is 7.81. The molecule has 0 heterocycles. The standard InChI is InChI=1S/C18H23BrNSi/c1-4-5-14-20(21(2)3)18-16(12-9-13-17(18)19)15-10-7-6-8-11-15/h6-13H,4-5,14H2,1-3H3. The lowest BCUT2D eigenvalue weighted by atomic mass is 10.0. The van der Waals surface area contributed by atoms with Crippen LogP contribution in [-0.4, -0.2) is 15.5 Å². The summed E-state index contributed by atoms with van der Waals surface area (Å²) in [7, 11) is -0.546. The van der Waals surface area contributed by atoms with Gasteiger partial charge in [0.25, 0.3) is 0 Å². The fraction of sp³-hybridized carbons (Fsp3) is 0.333. The Bertz CT molecular complexity index is 569. The van der Waals surface area contributed by atoms with Crippen LogP contribution in [0.4, 0.5) is 5.69 Å². The van der Waals surface area contributed by atoms with E-state index in [1.54, 1.807) is 0 Å². The van der Waals surface area contributed by atoms with Crippen molar-refractivity contribution in [1.82, 2.24) is 0 Å². The number of para-hydroxylation sites is 1. The minimum absolute atomic E-state index is 0.546. The van der Waals surface area contributed by atoms with E-state index in [-0.39, 0.29) is 0 Å². The van der Waals surface area contributed by atoms with Crippen LogP contribution in [0.3, 0.4) is 0 Å². The molecule has 0 bridgehead atoms. The zero-order valence-corrected chi connectivity index (χ0v) is 15.7. The largest absolute Gasteiger partial charge is 0.397 e. The Morgan fingerprint density at radius 1 is 1.00 bits per heavy atom. The van der Waals surface area contributed by atoms with E-state index in [2.05, 4.69) is 89.0 Å². The Hall–Kier alpha value is -1.06. The lowest BCUT2D eigenvalue weighted by Crippen LogP contribution is -2.36. The quantitative estimate of drug-likeness (QED) is 0.573. The molecular formula is C18H23BrNSi. The molecule has 21 heavy (non-hydrogen) atoms. The molecule has 0 N–H and O–H groups in total. The second-order valence-electron chi connectivity index (χ2n) is 5.45. The lowest BCUT2D eigenvalue weighted by molar-refractivity contribution is 0.799. The molecule has 0 fully saturated rings. The molecule has 0 atom stereocenters. The fourth-order valence-corrected chi connectivity index (χ4v) is 4.55. The number of unbranched alkanes of at least 4 members (excludes halogenated alkanes) is 1. The van der Waals surface area contributed by atoms with Gasteiger partial charge in [-0.15, -0.1) is 0 Å². The zero-order chi connectivity index (χ0) is 15.2. The van der Waals surface area contributed by atoms with Crippen LogP contribution >= 0.6 is 15.9 Å². The number of anilines is 1.